The molecule has 11 heteroatoms. The first-order valence-corrected chi connectivity index (χ1v) is 11.8. The summed E-state index contributed by atoms with van der Waals surface area (Å²) >= 11 is 2.61. The fraction of sp³-hybridized carbons (Fsp3) is 0.182. The molecule has 0 spiro atoms. The van der Waals surface area contributed by atoms with Gasteiger partial charge in [-0.2, -0.15) is 0 Å². The van der Waals surface area contributed by atoms with E-state index in [1.165, 1.54) is 38.9 Å². The molecule has 0 atom stereocenters. The highest BCUT2D eigenvalue weighted by Crippen LogP contribution is 2.27. The van der Waals surface area contributed by atoms with Gasteiger partial charge in [-0.1, -0.05) is 23.9 Å². The smallest absolute Gasteiger partial charge is 0.257 e. The maximum Gasteiger partial charge on any atom is 0.257 e. The van der Waals surface area contributed by atoms with Crippen LogP contribution in [0.3, 0.4) is 0 Å². The second-order valence-corrected chi connectivity index (χ2v) is 9.09. The molecule has 0 aliphatic rings. The molecule has 0 unspecified atom stereocenters. The summed E-state index contributed by atoms with van der Waals surface area (Å²) in [6.07, 6.45) is 0. The molecule has 0 saturated carbocycles. The highest BCUT2D eigenvalue weighted by Gasteiger charge is 2.12. The summed E-state index contributed by atoms with van der Waals surface area (Å²) in [5.74, 6) is -0.287. The molecule has 0 saturated heterocycles. The van der Waals surface area contributed by atoms with Crippen molar-refractivity contribution in [1.29, 1.82) is 0 Å². The van der Waals surface area contributed by atoms with Crippen molar-refractivity contribution in [1.82, 2.24) is 25.2 Å². The standard InChI is InChI=1S/C22H21N7O2S2/c1-13-4-5-16(10-14(13)2)18-11-32-21(24-18)25-20(31)15-6-8-17(9-7-15)23-19(30)12-33-22-26-27-28-29(22)3/h4-11H,12H2,1-3H3,(H,23,30)(H,24,25,31). The minimum absolute atomic E-state index is 0.170. The number of aromatic nitrogens is 5. The third kappa shape index (κ3) is 5.62. The molecule has 2 heterocycles. The van der Waals surface area contributed by atoms with Gasteiger partial charge < -0.3 is 5.32 Å². The van der Waals surface area contributed by atoms with Gasteiger partial charge in [-0.15, -0.1) is 16.4 Å². The number of carbonyl (C=O) groups is 2. The Morgan fingerprint density at radius 2 is 1.85 bits per heavy atom. The van der Waals surface area contributed by atoms with Crippen LogP contribution in [0.2, 0.25) is 0 Å². The molecule has 2 amide bonds. The number of nitrogens with one attached hydrogen (secondary N) is 2. The van der Waals surface area contributed by atoms with Gasteiger partial charge in [0.1, 0.15) is 0 Å². The Morgan fingerprint density at radius 3 is 2.55 bits per heavy atom. The van der Waals surface area contributed by atoms with Gasteiger partial charge in [0.2, 0.25) is 11.1 Å². The van der Waals surface area contributed by atoms with Crippen molar-refractivity contribution in [3.63, 3.8) is 0 Å². The van der Waals surface area contributed by atoms with E-state index in [0.717, 1.165) is 11.3 Å². The lowest BCUT2D eigenvalue weighted by atomic mass is 10.1. The SMILES string of the molecule is Cc1ccc(-c2csc(NC(=O)c3ccc(NC(=O)CSc4nnnn4C)cc3)n2)cc1C. The van der Waals surface area contributed by atoms with Crippen LogP contribution in [0.4, 0.5) is 10.8 Å². The predicted octanol–water partition coefficient (Wildman–Crippen LogP) is 3.93. The molecular formula is C22H21N7O2S2. The third-order valence-electron chi connectivity index (χ3n) is 4.87. The van der Waals surface area contributed by atoms with Crippen molar-refractivity contribution in [3.8, 4) is 11.3 Å². The minimum atomic E-state index is -0.265. The second-order valence-electron chi connectivity index (χ2n) is 7.29. The van der Waals surface area contributed by atoms with Crippen LogP contribution < -0.4 is 10.6 Å². The fourth-order valence-corrected chi connectivity index (χ4v) is 4.27. The second kappa shape index (κ2) is 9.92. The highest BCUT2D eigenvalue weighted by atomic mass is 32.2. The lowest BCUT2D eigenvalue weighted by Crippen LogP contribution is -2.15. The van der Waals surface area contributed by atoms with Crippen LogP contribution in [0.25, 0.3) is 11.3 Å². The summed E-state index contributed by atoms with van der Waals surface area (Å²) in [7, 11) is 1.71. The normalized spacial score (nSPS) is 10.8. The molecule has 0 fully saturated rings. The number of amides is 2. The van der Waals surface area contributed by atoms with Gasteiger partial charge in [0.15, 0.2) is 5.13 Å². The zero-order valence-electron chi connectivity index (χ0n) is 18.2. The maximum absolute atomic E-state index is 12.6. The number of nitrogens with zero attached hydrogens (tertiary/aromatic N) is 5. The number of rotatable bonds is 7. The van der Waals surface area contributed by atoms with Crippen LogP contribution in [0, 0.1) is 13.8 Å². The Hall–Kier alpha value is -3.57. The molecule has 0 aliphatic carbocycles. The van der Waals surface area contributed by atoms with Crippen LogP contribution in [-0.4, -0.2) is 42.8 Å². The Kier molecular flexibility index (Phi) is 6.80. The van der Waals surface area contributed by atoms with Crippen molar-refractivity contribution in [2.45, 2.75) is 19.0 Å². The van der Waals surface area contributed by atoms with E-state index >= 15 is 0 Å². The molecular weight excluding hydrogens is 458 g/mol. The lowest BCUT2D eigenvalue weighted by molar-refractivity contribution is -0.113. The molecule has 0 radical (unpaired) electrons. The maximum atomic E-state index is 12.6. The molecule has 2 aromatic heterocycles. The van der Waals surface area contributed by atoms with Gasteiger partial charge in [0, 0.05) is 29.2 Å². The molecule has 9 nitrogen and oxygen atoms in total. The van der Waals surface area contributed by atoms with Crippen LogP contribution in [0.5, 0.6) is 0 Å². The number of tetrazole rings is 1. The van der Waals surface area contributed by atoms with Gasteiger partial charge >= 0.3 is 0 Å². The van der Waals surface area contributed by atoms with Crippen molar-refractivity contribution >= 4 is 45.7 Å². The van der Waals surface area contributed by atoms with Crippen molar-refractivity contribution in [2.75, 3.05) is 16.4 Å². The average molecular weight is 480 g/mol. The number of carbonyl (C=O) groups excluding carboxylic acids is 2. The Bertz CT molecular complexity index is 1300. The molecule has 2 aromatic carbocycles. The number of thioether (sulfide) groups is 1. The Labute approximate surface area is 198 Å². The van der Waals surface area contributed by atoms with Crippen LogP contribution in [-0.2, 0) is 11.8 Å². The number of hydrogen-bond acceptors (Lipinski definition) is 8. The number of anilines is 2. The summed E-state index contributed by atoms with van der Waals surface area (Å²) in [6.45, 7) is 4.13. The van der Waals surface area contributed by atoms with E-state index in [0.29, 0.717) is 21.5 Å². The first-order chi connectivity index (χ1) is 15.9. The van der Waals surface area contributed by atoms with Gasteiger partial charge in [-0.05, 0) is 65.7 Å². The van der Waals surface area contributed by atoms with E-state index in [9.17, 15) is 9.59 Å². The Balaban J connectivity index is 1.33. The number of hydrogen-bond donors (Lipinski definition) is 2. The van der Waals surface area contributed by atoms with Gasteiger partial charge in [-0.3, -0.25) is 14.9 Å². The highest BCUT2D eigenvalue weighted by molar-refractivity contribution is 7.99. The average Bonchev–Trinajstić information content (AvgIpc) is 3.43. The largest absolute Gasteiger partial charge is 0.325 e. The van der Waals surface area contributed by atoms with Gasteiger partial charge in [0.25, 0.3) is 5.91 Å². The van der Waals surface area contributed by atoms with Gasteiger partial charge in [-0.25, -0.2) is 9.67 Å². The van der Waals surface area contributed by atoms with E-state index in [-0.39, 0.29) is 17.6 Å². The monoisotopic (exact) mass is 479 g/mol. The van der Waals surface area contributed by atoms with Crippen LogP contribution >= 0.6 is 23.1 Å². The summed E-state index contributed by atoms with van der Waals surface area (Å²) in [5, 5.41) is 19.7. The van der Waals surface area contributed by atoms with Crippen LogP contribution in [0.1, 0.15) is 21.5 Å². The topological polar surface area (TPSA) is 115 Å². The first kappa shape index (κ1) is 22.6. The number of thiazole rings is 1. The summed E-state index contributed by atoms with van der Waals surface area (Å²) in [4.78, 5) is 29.3. The lowest BCUT2D eigenvalue weighted by Gasteiger charge is -2.06. The Morgan fingerprint density at radius 1 is 1.06 bits per heavy atom. The molecule has 168 valence electrons. The molecule has 4 rings (SSSR count). The van der Waals surface area contributed by atoms with E-state index in [2.05, 4.69) is 57.1 Å². The van der Waals surface area contributed by atoms with E-state index in [1.807, 2.05) is 11.4 Å². The first-order valence-electron chi connectivity index (χ1n) is 9.98. The zero-order valence-corrected chi connectivity index (χ0v) is 19.8. The summed E-state index contributed by atoms with van der Waals surface area (Å²) < 4.78 is 1.50. The van der Waals surface area contributed by atoms with E-state index in [1.54, 1.807) is 31.3 Å². The van der Waals surface area contributed by atoms with Crippen LogP contribution in [0.15, 0.2) is 53.0 Å². The van der Waals surface area contributed by atoms with Crippen molar-refractivity contribution in [2.24, 2.45) is 7.05 Å². The minimum Gasteiger partial charge on any atom is -0.325 e. The summed E-state index contributed by atoms with van der Waals surface area (Å²) in [6, 6.07) is 12.9. The molecule has 4 aromatic rings. The molecule has 0 bridgehead atoms. The molecule has 2 N–H and O–H groups in total. The van der Waals surface area contributed by atoms with Crippen molar-refractivity contribution < 1.29 is 9.59 Å². The molecule has 33 heavy (non-hydrogen) atoms. The van der Waals surface area contributed by atoms with Gasteiger partial charge in [0.05, 0.1) is 11.4 Å². The summed E-state index contributed by atoms with van der Waals surface area (Å²) in [5.41, 5.74) is 5.33. The number of benzene rings is 2. The van der Waals surface area contributed by atoms with E-state index < -0.39 is 0 Å². The quantitative estimate of drug-likeness (QED) is 0.386. The molecule has 0 aliphatic heterocycles. The van der Waals surface area contributed by atoms with E-state index in [4.69, 9.17) is 0 Å². The third-order valence-corrected chi connectivity index (χ3v) is 6.64. The van der Waals surface area contributed by atoms with Crippen molar-refractivity contribution in [3.05, 3.63) is 64.5 Å². The zero-order chi connectivity index (χ0) is 23.4. The predicted molar refractivity (Wildman–Crippen MR) is 130 cm³/mol. The number of aryl methyl sites for hydroxylation is 3. The fourth-order valence-electron chi connectivity index (χ4n) is 2.91.